The molecule has 21 heavy (non-hydrogen) atoms. The van der Waals surface area contributed by atoms with Gasteiger partial charge in [-0.05, 0) is 19.1 Å². The second kappa shape index (κ2) is 6.60. The molecule has 5 N–H and O–H groups in total. The maximum Gasteiger partial charge on any atom is 0.318 e. The molecule has 0 radical (unpaired) electrons. The van der Waals surface area contributed by atoms with E-state index in [-0.39, 0.29) is 10.8 Å². The van der Waals surface area contributed by atoms with Gasteiger partial charge >= 0.3 is 6.03 Å². The van der Waals surface area contributed by atoms with Gasteiger partial charge in [-0.25, -0.2) is 18.4 Å². The number of carbonyl (C=O) groups is 2. The fourth-order valence-corrected chi connectivity index (χ4v) is 3.08. The summed E-state index contributed by atoms with van der Waals surface area (Å²) >= 11 is 8.96. The fourth-order valence-electron chi connectivity index (χ4n) is 1.32. The van der Waals surface area contributed by atoms with Gasteiger partial charge in [0.15, 0.2) is 11.9 Å². The Balaban J connectivity index is 3.19. The van der Waals surface area contributed by atoms with Crippen LogP contribution in [0.15, 0.2) is 21.5 Å². The minimum absolute atomic E-state index is 0.0767. The third-order valence-corrected chi connectivity index (χ3v) is 3.85. The van der Waals surface area contributed by atoms with Gasteiger partial charge in [-0.1, -0.05) is 27.5 Å². The molecule has 0 bridgehead atoms. The van der Waals surface area contributed by atoms with Crippen molar-refractivity contribution in [2.45, 2.75) is 17.9 Å². The number of sulfonamides is 1. The van der Waals surface area contributed by atoms with E-state index in [1.165, 1.54) is 19.1 Å². The number of nitrogens with one attached hydrogen (secondary N) is 1. The van der Waals surface area contributed by atoms with Gasteiger partial charge in [0, 0.05) is 4.47 Å². The summed E-state index contributed by atoms with van der Waals surface area (Å²) in [7, 11) is -4.14. The van der Waals surface area contributed by atoms with Gasteiger partial charge in [0.1, 0.15) is 4.90 Å². The highest BCUT2D eigenvalue weighted by Gasteiger charge is 2.24. The van der Waals surface area contributed by atoms with Crippen LogP contribution in [-0.4, -0.2) is 26.5 Å². The van der Waals surface area contributed by atoms with Gasteiger partial charge in [0.2, 0.25) is 10.0 Å². The van der Waals surface area contributed by atoms with Crippen molar-refractivity contribution in [1.82, 2.24) is 5.32 Å². The Morgan fingerprint density at radius 1 is 1.43 bits per heavy atom. The monoisotopic (exact) mass is 399 g/mol. The molecule has 1 aromatic rings. The first-order chi connectivity index (χ1) is 9.52. The minimum atomic E-state index is -4.14. The van der Waals surface area contributed by atoms with Gasteiger partial charge < -0.3 is 10.5 Å². The van der Waals surface area contributed by atoms with Crippen LogP contribution in [0.25, 0.3) is 0 Å². The predicted molar refractivity (Wildman–Crippen MR) is 78.3 cm³/mol. The topological polar surface area (TPSA) is 142 Å². The number of hydrogen-bond acceptors (Lipinski definition) is 5. The number of halogens is 2. The molecule has 0 aliphatic heterocycles. The Kier molecular flexibility index (Phi) is 5.56. The van der Waals surface area contributed by atoms with Gasteiger partial charge in [0.05, 0.1) is 5.02 Å². The quantitative estimate of drug-likeness (QED) is 0.682. The zero-order valence-corrected chi connectivity index (χ0v) is 13.8. The summed E-state index contributed by atoms with van der Waals surface area (Å²) in [6.45, 7) is 1.28. The van der Waals surface area contributed by atoms with Crippen molar-refractivity contribution in [2.75, 3.05) is 0 Å². The summed E-state index contributed by atoms with van der Waals surface area (Å²) in [5, 5.41) is 6.78. The molecule has 0 fully saturated rings. The number of primary sulfonamides is 1. The fraction of sp³-hybridized carbons (Fsp3) is 0.200. The van der Waals surface area contributed by atoms with Crippen LogP contribution in [0, 0.1) is 0 Å². The van der Waals surface area contributed by atoms with Crippen LogP contribution in [0.3, 0.4) is 0 Å². The van der Waals surface area contributed by atoms with Crippen molar-refractivity contribution in [3.8, 4) is 5.75 Å². The number of rotatable bonds is 4. The maximum atomic E-state index is 11.5. The third kappa shape index (κ3) is 4.84. The molecule has 0 aliphatic carbocycles. The van der Waals surface area contributed by atoms with E-state index in [0.29, 0.717) is 4.47 Å². The van der Waals surface area contributed by atoms with Crippen molar-refractivity contribution in [1.29, 1.82) is 0 Å². The first kappa shape index (κ1) is 17.7. The van der Waals surface area contributed by atoms with E-state index in [4.69, 9.17) is 27.2 Å². The molecule has 0 aliphatic rings. The minimum Gasteiger partial charge on any atom is -0.478 e. The molecule has 0 heterocycles. The standard InChI is InChI=1S/C10H11BrClN3O5S/c1-4(9(16)15-10(13)17)20-8-6(12)2-5(11)3-7(8)21(14,18)19/h2-4H,1H3,(H2,14,18,19)(H3,13,15,16,17). The van der Waals surface area contributed by atoms with Crippen LogP contribution in [0.5, 0.6) is 5.75 Å². The van der Waals surface area contributed by atoms with Crippen molar-refractivity contribution in [2.24, 2.45) is 10.9 Å². The number of hydrogen-bond donors (Lipinski definition) is 3. The molecule has 1 rings (SSSR count). The lowest BCUT2D eigenvalue weighted by atomic mass is 10.3. The maximum absolute atomic E-state index is 11.5. The zero-order chi connectivity index (χ0) is 16.4. The summed E-state index contributed by atoms with van der Waals surface area (Å²) in [6, 6.07) is 1.48. The lowest BCUT2D eigenvalue weighted by molar-refractivity contribution is -0.126. The third-order valence-electron chi connectivity index (χ3n) is 2.19. The number of carbonyl (C=O) groups excluding carboxylic acids is 2. The smallest absolute Gasteiger partial charge is 0.318 e. The highest BCUT2D eigenvalue weighted by molar-refractivity contribution is 9.10. The molecule has 3 amide bonds. The zero-order valence-electron chi connectivity index (χ0n) is 10.6. The van der Waals surface area contributed by atoms with Crippen LogP contribution in [0.2, 0.25) is 5.02 Å². The van der Waals surface area contributed by atoms with Crippen LogP contribution in [0.4, 0.5) is 4.79 Å². The van der Waals surface area contributed by atoms with E-state index in [0.717, 1.165) is 0 Å². The average molecular weight is 401 g/mol. The van der Waals surface area contributed by atoms with Gasteiger partial charge in [-0.3, -0.25) is 10.1 Å². The van der Waals surface area contributed by atoms with Crippen LogP contribution < -0.4 is 20.9 Å². The lowest BCUT2D eigenvalue weighted by Crippen LogP contribution is -2.42. The Morgan fingerprint density at radius 3 is 2.48 bits per heavy atom. The number of nitrogens with two attached hydrogens (primary N) is 2. The van der Waals surface area contributed by atoms with Crippen LogP contribution in [-0.2, 0) is 14.8 Å². The van der Waals surface area contributed by atoms with Gasteiger partial charge in [-0.15, -0.1) is 0 Å². The van der Waals surface area contributed by atoms with Gasteiger partial charge in [0.25, 0.3) is 5.91 Å². The number of amides is 3. The van der Waals surface area contributed by atoms with Crippen LogP contribution in [0.1, 0.15) is 6.92 Å². The predicted octanol–water partition coefficient (Wildman–Crippen LogP) is 0.712. The van der Waals surface area contributed by atoms with Crippen molar-refractivity contribution < 1.29 is 22.7 Å². The van der Waals surface area contributed by atoms with Crippen LogP contribution >= 0.6 is 27.5 Å². The number of urea groups is 1. The molecule has 0 aromatic heterocycles. The SMILES string of the molecule is CC(Oc1c(Cl)cc(Br)cc1S(N)(=O)=O)C(=O)NC(N)=O. The molecule has 11 heteroatoms. The number of ether oxygens (including phenoxy) is 1. The van der Waals surface area contributed by atoms with Crippen molar-refractivity contribution in [3.05, 3.63) is 21.6 Å². The molecule has 0 saturated carbocycles. The van der Waals surface area contributed by atoms with E-state index >= 15 is 0 Å². The van der Waals surface area contributed by atoms with Crippen molar-refractivity contribution >= 4 is 49.5 Å². The first-order valence-electron chi connectivity index (χ1n) is 5.31. The Hall–Kier alpha value is -1.36. The number of imide groups is 1. The molecule has 0 spiro atoms. The second-order valence-electron chi connectivity index (χ2n) is 3.87. The van der Waals surface area contributed by atoms with E-state index < -0.39 is 33.0 Å². The molecule has 8 nitrogen and oxygen atoms in total. The Labute approximate surface area is 133 Å². The normalized spacial score (nSPS) is 12.6. The molecular formula is C10H11BrClN3O5S. The molecular weight excluding hydrogens is 390 g/mol. The largest absolute Gasteiger partial charge is 0.478 e. The van der Waals surface area contributed by atoms with E-state index in [2.05, 4.69) is 15.9 Å². The lowest BCUT2D eigenvalue weighted by Gasteiger charge is -2.17. The van der Waals surface area contributed by atoms with Crippen molar-refractivity contribution in [3.63, 3.8) is 0 Å². The summed E-state index contributed by atoms with van der Waals surface area (Å²) in [4.78, 5) is 21.7. The summed E-state index contributed by atoms with van der Waals surface area (Å²) in [5.74, 6) is -1.16. The molecule has 116 valence electrons. The number of benzene rings is 1. The first-order valence-corrected chi connectivity index (χ1v) is 8.03. The molecule has 1 atom stereocenters. The molecule has 1 aromatic carbocycles. The second-order valence-corrected chi connectivity index (χ2v) is 6.73. The number of primary amides is 1. The molecule has 1 unspecified atom stereocenters. The Bertz CT molecular complexity index is 694. The van der Waals surface area contributed by atoms with E-state index in [9.17, 15) is 18.0 Å². The highest BCUT2D eigenvalue weighted by atomic mass is 79.9. The van der Waals surface area contributed by atoms with E-state index in [1.54, 1.807) is 5.32 Å². The molecule has 0 saturated heterocycles. The van der Waals surface area contributed by atoms with E-state index in [1.807, 2.05) is 0 Å². The summed E-state index contributed by atoms with van der Waals surface area (Å²) in [6.07, 6.45) is -1.23. The Morgan fingerprint density at radius 2 is 2.00 bits per heavy atom. The van der Waals surface area contributed by atoms with Gasteiger partial charge in [-0.2, -0.15) is 0 Å². The summed E-state index contributed by atoms with van der Waals surface area (Å²) < 4.78 is 28.6. The average Bonchev–Trinajstić information content (AvgIpc) is 2.29. The highest BCUT2D eigenvalue weighted by Crippen LogP contribution is 2.35. The summed E-state index contributed by atoms with van der Waals surface area (Å²) in [5.41, 5.74) is 4.80.